The summed E-state index contributed by atoms with van der Waals surface area (Å²) in [7, 11) is 0. The maximum atomic E-state index is 12.6. The fourth-order valence-electron chi connectivity index (χ4n) is 19.2. The highest BCUT2D eigenvalue weighted by Gasteiger charge is 2.73. The molecule has 25 heteroatoms. The van der Waals surface area contributed by atoms with E-state index in [0.29, 0.717) is 25.4 Å². The van der Waals surface area contributed by atoms with Crippen molar-refractivity contribution in [3.05, 3.63) is 0 Å². The number of fused-ring (bicyclic) bond motifs is 7. The Balaban J connectivity index is 0.850. The van der Waals surface area contributed by atoms with E-state index in [0.717, 1.165) is 38.5 Å². The zero-order valence-corrected chi connectivity index (χ0v) is 46.5. The largest absolute Gasteiger partial charge is 0.394 e. The van der Waals surface area contributed by atoms with Crippen molar-refractivity contribution in [2.24, 2.45) is 75.9 Å². The standard InChI is InChI=1S/C56H92O25/c1-19-7-10-56(75-17-19)20(2)35-52(81-56)43(69)36-22-6-5-21-11-26(24(61)12-55(21,4)23(22)8-9-54(35,36)3)79-53-47(73)41(67)31(27(13-57)80-53)48-33(32(38(64)28(14-58)76-48)49-45(71)37(63)25(62)18-74-49)50-42(68)34(39(65)29(15-59)77-50)51-46(72)44(70)40(66)30(16-60)78-51/h19-53,57-73H,5-18H2,1-4H3/t19?,20?,21-,22?,23?,24+,25+,26?,27+,28-,29+,30-,31-,32-,33+,34-,35?,36?,37-,38-,39-,40-,41-,42+,43?,44+,45+,46-,47+,48?,49?,50?,51?,52?,53+,54?,55?,56+/m0/s1. The molecule has 7 aliphatic heterocycles. The average Bonchev–Trinajstić information content (AvgIpc) is 1.91. The molecular weight excluding hydrogens is 1070 g/mol. The zero-order valence-electron chi connectivity index (χ0n) is 46.5. The monoisotopic (exact) mass is 1160 g/mol. The Labute approximate surface area is 470 Å². The summed E-state index contributed by atoms with van der Waals surface area (Å²) in [6, 6.07) is 0. The van der Waals surface area contributed by atoms with E-state index in [1.165, 1.54) is 0 Å². The van der Waals surface area contributed by atoms with Gasteiger partial charge in [0.2, 0.25) is 0 Å². The fraction of sp³-hybridized carbons (Fsp3) is 1.00. The first-order valence-electron chi connectivity index (χ1n) is 29.9. The Kier molecular flexibility index (Phi) is 17.6. The summed E-state index contributed by atoms with van der Waals surface area (Å²) in [5.41, 5.74) is -0.538. The summed E-state index contributed by atoms with van der Waals surface area (Å²) >= 11 is 0. The second-order valence-corrected chi connectivity index (χ2v) is 27.2. The van der Waals surface area contributed by atoms with Crippen LogP contribution in [-0.4, -0.2) is 279 Å². The van der Waals surface area contributed by atoms with Crippen LogP contribution >= 0.6 is 0 Å². The molecule has 11 rings (SSSR count). The lowest BCUT2D eigenvalue weighted by Gasteiger charge is -2.62. The molecule has 4 aliphatic carbocycles. The average molecular weight is 1170 g/mol. The van der Waals surface area contributed by atoms with Gasteiger partial charge in [0.05, 0.1) is 119 Å². The Bertz CT molecular complexity index is 2140. The van der Waals surface area contributed by atoms with E-state index in [1.807, 2.05) is 0 Å². The lowest BCUT2D eigenvalue weighted by molar-refractivity contribution is -0.352. The molecule has 7 heterocycles. The molecule has 0 amide bonds. The normalized spacial score (nSPS) is 60.3. The Morgan fingerprint density at radius 3 is 1.73 bits per heavy atom. The zero-order chi connectivity index (χ0) is 58.3. The third-order valence-corrected chi connectivity index (χ3v) is 23.3. The van der Waals surface area contributed by atoms with E-state index < -0.39 is 203 Å². The summed E-state index contributed by atoms with van der Waals surface area (Å²) in [5.74, 6) is -6.40. The second-order valence-electron chi connectivity index (χ2n) is 27.2. The van der Waals surface area contributed by atoms with Crippen LogP contribution in [0.15, 0.2) is 0 Å². The molecule has 11 aliphatic rings. The van der Waals surface area contributed by atoms with E-state index in [1.54, 1.807) is 0 Å². The van der Waals surface area contributed by atoms with E-state index in [-0.39, 0.29) is 52.4 Å². The minimum Gasteiger partial charge on any atom is -0.394 e. The van der Waals surface area contributed by atoms with Crippen molar-refractivity contribution in [2.45, 2.75) is 232 Å². The van der Waals surface area contributed by atoms with Crippen LogP contribution in [0.2, 0.25) is 0 Å². The number of aliphatic hydroxyl groups is 17. The lowest BCUT2D eigenvalue weighted by atomic mass is 9.44. The van der Waals surface area contributed by atoms with Crippen LogP contribution in [0.5, 0.6) is 0 Å². The van der Waals surface area contributed by atoms with Gasteiger partial charge >= 0.3 is 0 Å². The third-order valence-electron chi connectivity index (χ3n) is 23.3. The summed E-state index contributed by atoms with van der Waals surface area (Å²) in [6.45, 7) is 5.27. The third kappa shape index (κ3) is 9.77. The van der Waals surface area contributed by atoms with Gasteiger partial charge in [0, 0.05) is 41.9 Å². The first-order valence-corrected chi connectivity index (χ1v) is 29.9. The molecule has 1 spiro atoms. The molecule has 0 bridgehead atoms. The summed E-state index contributed by atoms with van der Waals surface area (Å²) in [4.78, 5) is 0. The predicted octanol–water partition coefficient (Wildman–Crippen LogP) is -5.41. The number of ether oxygens (including phenoxy) is 8. The summed E-state index contributed by atoms with van der Waals surface area (Å²) in [6.07, 6.45) is -33.7. The Morgan fingerprint density at radius 1 is 0.469 bits per heavy atom. The van der Waals surface area contributed by atoms with Crippen LogP contribution in [-0.2, 0) is 37.9 Å². The smallest absolute Gasteiger partial charge is 0.186 e. The summed E-state index contributed by atoms with van der Waals surface area (Å²) < 4.78 is 50.6. The highest BCUT2D eigenvalue weighted by Crippen LogP contribution is 2.71. The first kappa shape index (κ1) is 61.6. The molecule has 0 aromatic carbocycles. The van der Waals surface area contributed by atoms with E-state index in [9.17, 15) is 86.8 Å². The predicted molar refractivity (Wildman–Crippen MR) is 272 cm³/mol. The van der Waals surface area contributed by atoms with Crippen LogP contribution in [0.4, 0.5) is 0 Å². The van der Waals surface area contributed by atoms with Crippen molar-refractivity contribution >= 4 is 0 Å². The molecular formula is C56H92O25. The van der Waals surface area contributed by atoms with Gasteiger partial charge in [-0.15, -0.1) is 0 Å². The van der Waals surface area contributed by atoms with Gasteiger partial charge in [-0.3, -0.25) is 0 Å². The topological polar surface area (TPSA) is 418 Å². The van der Waals surface area contributed by atoms with Gasteiger partial charge in [0.1, 0.15) is 61.0 Å². The van der Waals surface area contributed by atoms with Crippen molar-refractivity contribution in [1.29, 1.82) is 0 Å². The minimum absolute atomic E-state index is 0.00805. The molecule has 25 nitrogen and oxygen atoms in total. The molecule has 81 heavy (non-hydrogen) atoms. The van der Waals surface area contributed by atoms with Crippen LogP contribution < -0.4 is 0 Å². The quantitative estimate of drug-likeness (QED) is 0.0908. The van der Waals surface area contributed by atoms with Gasteiger partial charge in [-0.1, -0.05) is 27.7 Å². The molecule has 4 saturated carbocycles. The van der Waals surface area contributed by atoms with Gasteiger partial charge in [-0.05, 0) is 85.4 Å². The number of aliphatic hydroxyl groups excluding tert-OH is 17. The molecule has 0 radical (unpaired) electrons. The van der Waals surface area contributed by atoms with E-state index >= 15 is 0 Å². The molecule has 15 unspecified atom stereocenters. The Hall–Kier alpha value is -1.00. The molecule has 17 N–H and O–H groups in total. The van der Waals surface area contributed by atoms with Crippen LogP contribution in [0.1, 0.15) is 79.1 Å². The number of rotatable bonds is 10. The SMILES string of the molecule is CC1CC[C@@]2(OC1)OC1C(O)C3C4CC[C@H]5CC(O[C@@H]6O[C@H](CO)[C@H](C7O[C@@H](CO)[C@H](O)[C@@H](C8OC[C@@H](O)[C@H](O)[C@H]8O)[C@H]7C7O[C@H](CO)[C@H](O)[C@H](C8O[C@@H](CO)[C@H](O)[C@@H](O)[C@@H]8O)[C@H]7O)[C@H](O)[C@H]6O)[C@H](O)CC5(C)C4CCC3(C)C1C2C. The van der Waals surface area contributed by atoms with Crippen molar-refractivity contribution < 1.29 is 125 Å². The van der Waals surface area contributed by atoms with E-state index in [4.69, 9.17) is 37.9 Å². The van der Waals surface area contributed by atoms with Gasteiger partial charge in [-0.2, -0.15) is 0 Å². The lowest BCUT2D eigenvalue weighted by Crippen LogP contribution is -2.73. The van der Waals surface area contributed by atoms with Crippen molar-refractivity contribution in [3.8, 4) is 0 Å². The highest BCUT2D eigenvalue weighted by molar-refractivity contribution is 5.19. The molecule has 0 aromatic rings. The van der Waals surface area contributed by atoms with Crippen LogP contribution in [0, 0.1) is 75.9 Å². The van der Waals surface area contributed by atoms with Crippen LogP contribution in [0.25, 0.3) is 0 Å². The molecule has 38 atom stereocenters. The highest BCUT2D eigenvalue weighted by atomic mass is 16.7. The van der Waals surface area contributed by atoms with Gasteiger partial charge in [0.15, 0.2) is 12.1 Å². The van der Waals surface area contributed by atoms with Crippen molar-refractivity contribution in [2.75, 3.05) is 39.6 Å². The number of hydrogen-bond acceptors (Lipinski definition) is 25. The van der Waals surface area contributed by atoms with Gasteiger partial charge in [0.25, 0.3) is 0 Å². The van der Waals surface area contributed by atoms with Crippen molar-refractivity contribution in [1.82, 2.24) is 0 Å². The van der Waals surface area contributed by atoms with Crippen LogP contribution in [0.3, 0.4) is 0 Å². The summed E-state index contributed by atoms with van der Waals surface area (Å²) in [5, 5.41) is 194. The maximum Gasteiger partial charge on any atom is 0.186 e. The fourth-order valence-corrected chi connectivity index (χ4v) is 19.2. The molecule has 0 aromatic heterocycles. The maximum absolute atomic E-state index is 12.6. The second kappa shape index (κ2) is 23.2. The molecule has 7 saturated heterocycles. The van der Waals surface area contributed by atoms with Crippen molar-refractivity contribution in [3.63, 3.8) is 0 Å². The molecule has 11 fully saturated rings. The molecule has 466 valence electrons. The van der Waals surface area contributed by atoms with E-state index in [2.05, 4.69) is 27.7 Å². The van der Waals surface area contributed by atoms with Gasteiger partial charge < -0.3 is 125 Å². The number of hydrogen-bond donors (Lipinski definition) is 17. The Morgan fingerprint density at radius 2 is 1.09 bits per heavy atom. The first-order chi connectivity index (χ1) is 38.4. The van der Waals surface area contributed by atoms with Gasteiger partial charge in [-0.25, -0.2) is 0 Å². The minimum atomic E-state index is -2.12.